The van der Waals surface area contributed by atoms with Crippen molar-refractivity contribution in [3.8, 4) is 5.75 Å². The summed E-state index contributed by atoms with van der Waals surface area (Å²) in [5, 5.41) is 5.65. The number of piperazine rings is 2. The first kappa shape index (κ1) is 19.0. The van der Waals surface area contributed by atoms with E-state index < -0.39 is 12.1 Å². The summed E-state index contributed by atoms with van der Waals surface area (Å²) in [6.45, 7) is 4.76. The van der Waals surface area contributed by atoms with Gasteiger partial charge in [-0.2, -0.15) is 0 Å². The van der Waals surface area contributed by atoms with Gasteiger partial charge in [0.15, 0.2) is 0 Å². The van der Waals surface area contributed by atoms with Crippen LogP contribution in [0.1, 0.15) is 19.4 Å². The number of benzene rings is 1. The smallest absolute Gasteiger partial charge is 0.317 e. The van der Waals surface area contributed by atoms with Crippen LogP contribution in [0.2, 0.25) is 0 Å². The SMILES string of the molecule is COc1ccc(C[C@@H]2NC(=O)[C@@H]3CN(C(=O)NC(C)C)CCN3C2=O)cc1. The summed E-state index contributed by atoms with van der Waals surface area (Å²) in [7, 11) is 1.60. The molecule has 8 nitrogen and oxygen atoms in total. The number of ether oxygens (including phenoxy) is 1. The molecule has 0 saturated carbocycles. The molecular formula is C19H26N4O4. The first-order chi connectivity index (χ1) is 12.9. The van der Waals surface area contributed by atoms with Gasteiger partial charge in [0.1, 0.15) is 17.8 Å². The van der Waals surface area contributed by atoms with Crippen LogP contribution in [0.4, 0.5) is 4.79 Å². The zero-order chi connectivity index (χ0) is 19.6. The third kappa shape index (κ3) is 4.15. The van der Waals surface area contributed by atoms with Crippen LogP contribution < -0.4 is 15.4 Å². The predicted molar refractivity (Wildman–Crippen MR) is 99.4 cm³/mol. The summed E-state index contributed by atoms with van der Waals surface area (Å²) in [4.78, 5) is 40.8. The van der Waals surface area contributed by atoms with Crippen molar-refractivity contribution in [3.63, 3.8) is 0 Å². The van der Waals surface area contributed by atoms with Crippen LogP contribution >= 0.6 is 0 Å². The number of carbonyl (C=O) groups excluding carboxylic acids is 3. The van der Waals surface area contributed by atoms with Crippen LogP contribution in [-0.4, -0.2) is 72.5 Å². The van der Waals surface area contributed by atoms with E-state index in [1.165, 1.54) is 0 Å². The highest BCUT2D eigenvalue weighted by atomic mass is 16.5. The van der Waals surface area contributed by atoms with Crippen LogP contribution in [-0.2, 0) is 16.0 Å². The van der Waals surface area contributed by atoms with Crippen molar-refractivity contribution in [2.45, 2.75) is 38.4 Å². The molecule has 2 fully saturated rings. The molecule has 146 valence electrons. The minimum Gasteiger partial charge on any atom is -0.497 e. The van der Waals surface area contributed by atoms with Gasteiger partial charge < -0.3 is 25.2 Å². The maximum atomic E-state index is 12.9. The Morgan fingerprint density at radius 2 is 1.96 bits per heavy atom. The fraction of sp³-hybridized carbons (Fsp3) is 0.526. The monoisotopic (exact) mass is 374 g/mol. The van der Waals surface area contributed by atoms with Gasteiger partial charge in [-0.05, 0) is 31.5 Å². The number of nitrogens with zero attached hydrogens (tertiary/aromatic N) is 2. The van der Waals surface area contributed by atoms with E-state index in [1.54, 1.807) is 16.9 Å². The normalized spacial score (nSPS) is 22.4. The molecule has 2 N–H and O–H groups in total. The van der Waals surface area contributed by atoms with Crippen molar-refractivity contribution in [3.05, 3.63) is 29.8 Å². The third-order valence-corrected chi connectivity index (χ3v) is 4.88. The lowest BCUT2D eigenvalue weighted by Gasteiger charge is -2.45. The Hall–Kier alpha value is -2.77. The third-order valence-electron chi connectivity index (χ3n) is 4.88. The molecular weight excluding hydrogens is 348 g/mol. The summed E-state index contributed by atoms with van der Waals surface area (Å²) >= 11 is 0. The van der Waals surface area contributed by atoms with E-state index >= 15 is 0 Å². The first-order valence-corrected chi connectivity index (χ1v) is 9.18. The zero-order valence-corrected chi connectivity index (χ0v) is 15.9. The molecule has 8 heteroatoms. The summed E-state index contributed by atoms with van der Waals surface area (Å²) in [6, 6.07) is 6.04. The Labute approximate surface area is 158 Å². The van der Waals surface area contributed by atoms with Gasteiger partial charge in [-0.3, -0.25) is 9.59 Å². The van der Waals surface area contributed by atoms with Gasteiger partial charge in [0.25, 0.3) is 0 Å². The molecule has 4 amide bonds. The quantitative estimate of drug-likeness (QED) is 0.797. The van der Waals surface area contributed by atoms with E-state index in [1.807, 2.05) is 38.1 Å². The van der Waals surface area contributed by atoms with Gasteiger partial charge in [0, 0.05) is 25.6 Å². The van der Waals surface area contributed by atoms with Gasteiger partial charge in [0.2, 0.25) is 11.8 Å². The Bertz CT molecular complexity index is 719. The second-order valence-electron chi connectivity index (χ2n) is 7.21. The molecule has 2 heterocycles. The van der Waals surface area contributed by atoms with Crippen LogP contribution in [0.15, 0.2) is 24.3 Å². The summed E-state index contributed by atoms with van der Waals surface area (Å²) in [5.74, 6) is 0.433. The van der Waals surface area contributed by atoms with Gasteiger partial charge >= 0.3 is 6.03 Å². The molecule has 0 aliphatic carbocycles. The molecule has 0 spiro atoms. The van der Waals surface area contributed by atoms with Crippen molar-refractivity contribution >= 4 is 17.8 Å². The molecule has 0 aromatic heterocycles. The molecule has 3 rings (SSSR count). The van der Waals surface area contributed by atoms with E-state index in [0.717, 1.165) is 11.3 Å². The van der Waals surface area contributed by atoms with E-state index in [0.29, 0.717) is 19.5 Å². The van der Waals surface area contributed by atoms with E-state index in [4.69, 9.17) is 4.74 Å². The van der Waals surface area contributed by atoms with Gasteiger partial charge in [-0.15, -0.1) is 0 Å². The number of nitrogens with one attached hydrogen (secondary N) is 2. The Balaban J connectivity index is 1.65. The largest absolute Gasteiger partial charge is 0.497 e. The zero-order valence-electron chi connectivity index (χ0n) is 15.9. The second kappa shape index (κ2) is 7.85. The number of urea groups is 1. The Morgan fingerprint density at radius 1 is 1.26 bits per heavy atom. The lowest BCUT2D eigenvalue weighted by atomic mass is 9.98. The molecule has 27 heavy (non-hydrogen) atoms. The standard InChI is InChI=1S/C19H26N4O4/c1-12(2)20-19(26)22-8-9-23-16(11-22)17(24)21-15(18(23)25)10-13-4-6-14(27-3)7-5-13/h4-7,12,15-16H,8-11H2,1-3H3,(H,20,26)(H,21,24)/t15-,16-/m0/s1. The van der Waals surface area contributed by atoms with Crippen molar-refractivity contribution in [2.24, 2.45) is 0 Å². The first-order valence-electron chi connectivity index (χ1n) is 9.18. The van der Waals surface area contributed by atoms with Crippen LogP contribution in [0.5, 0.6) is 5.75 Å². The molecule has 0 bridgehead atoms. The molecule has 0 radical (unpaired) electrons. The maximum Gasteiger partial charge on any atom is 0.317 e. The predicted octanol–water partition coefficient (Wildman–Crippen LogP) is 0.367. The number of methoxy groups -OCH3 is 1. The van der Waals surface area contributed by atoms with E-state index in [2.05, 4.69) is 10.6 Å². The summed E-state index contributed by atoms with van der Waals surface area (Å²) in [5.41, 5.74) is 0.947. The number of carbonyl (C=O) groups is 3. The molecule has 2 saturated heterocycles. The lowest BCUT2D eigenvalue weighted by molar-refractivity contribution is -0.152. The highest BCUT2D eigenvalue weighted by molar-refractivity contribution is 5.97. The molecule has 1 aromatic carbocycles. The minimum atomic E-state index is -0.628. The topological polar surface area (TPSA) is 91.0 Å². The molecule has 1 aromatic rings. The number of amides is 4. The number of fused-ring (bicyclic) bond motifs is 1. The van der Waals surface area contributed by atoms with Crippen LogP contribution in [0.3, 0.4) is 0 Å². The van der Waals surface area contributed by atoms with Gasteiger partial charge in [-0.25, -0.2) is 4.79 Å². The second-order valence-corrected chi connectivity index (χ2v) is 7.21. The average Bonchev–Trinajstić information content (AvgIpc) is 2.65. The highest BCUT2D eigenvalue weighted by Crippen LogP contribution is 2.19. The van der Waals surface area contributed by atoms with E-state index in [9.17, 15) is 14.4 Å². The lowest BCUT2D eigenvalue weighted by Crippen LogP contribution is -2.70. The van der Waals surface area contributed by atoms with Crippen LogP contribution in [0.25, 0.3) is 0 Å². The minimum absolute atomic E-state index is 0.0196. The highest BCUT2D eigenvalue weighted by Gasteiger charge is 2.44. The number of hydrogen-bond acceptors (Lipinski definition) is 4. The van der Waals surface area contributed by atoms with Crippen molar-refractivity contribution in [1.29, 1.82) is 0 Å². The molecule has 0 unspecified atom stereocenters. The fourth-order valence-electron chi connectivity index (χ4n) is 3.46. The fourth-order valence-corrected chi connectivity index (χ4v) is 3.46. The maximum absolute atomic E-state index is 12.9. The van der Waals surface area contributed by atoms with E-state index in [-0.39, 0.29) is 30.4 Å². The van der Waals surface area contributed by atoms with Crippen molar-refractivity contribution < 1.29 is 19.1 Å². The number of rotatable bonds is 4. The molecule has 2 aliphatic heterocycles. The van der Waals surface area contributed by atoms with Crippen LogP contribution in [0, 0.1) is 0 Å². The summed E-state index contributed by atoms with van der Waals surface area (Å²) < 4.78 is 5.14. The Kier molecular flexibility index (Phi) is 5.53. The van der Waals surface area contributed by atoms with Gasteiger partial charge in [0.05, 0.1) is 13.7 Å². The Morgan fingerprint density at radius 3 is 2.59 bits per heavy atom. The van der Waals surface area contributed by atoms with Crippen molar-refractivity contribution in [1.82, 2.24) is 20.4 Å². The molecule has 2 atom stereocenters. The van der Waals surface area contributed by atoms with Gasteiger partial charge in [-0.1, -0.05) is 12.1 Å². The molecule has 2 aliphatic rings. The average molecular weight is 374 g/mol. The van der Waals surface area contributed by atoms with Crippen molar-refractivity contribution in [2.75, 3.05) is 26.7 Å². The summed E-state index contributed by atoms with van der Waals surface area (Å²) in [6.07, 6.45) is 0.426. The number of hydrogen-bond donors (Lipinski definition) is 2.